The third-order valence-electron chi connectivity index (χ3n) is 2.99. The molecule has 1 atom stereocenters. The Hall–Kier alpha value is -2.57. The Morgan fingerprint density at radius 3 is 2.80 bits per heavy atom. The van der Waals surface area contributed by atoms with Crippen LogP contribution in [0.1, 0.15) is 23.2 Å². The Balaban J connectivity index is 2.06. The topological polar surface area (TPSA) is 105 Å². The van der Waals surface area contributed by atoms with Gasteiger partial charge in [-0.1, -0.05) is 0 Å². The average Bonchev–Trinajstić information content (AvgIpc) is 2.41. The lowest BCUT2D eigenvalue weighted by Gasteiger charge is -2.21. The van der Waals surface area contributed by atoms with E-state index >= 15 is 0 Å². The number of amides is 3. The van der Waals surface area contributed by atoms with Crippen LogP contribution in [0.2, 0.25) is 0 Å². The Bertz CT molecular complexity index is 570. The van der Waals surface area contributed by atoms with Crippen molar-refractivity contribution >= 4 is 17.7 Å². The Kier molecular flexibility index (Phi) is 3.88. The summed E-state index contributed by atoms with van der Waals surface area (Å²) in [6.07, 6.45) is 0.448. The zero-order chi connectivity index (χ0) is 14.7. The number of hydrogen-bond donors (Lipinski definition) is 3. The van der Waals surface area contributed by atoms with Crippen LogP contribution < -0.4 is 15.4 Å². The van der Waals surface area contributed by atoms with Crippen LogP contribution in [0.3, 0.4) is 0 Å². The van der Waals surface area contributed by atoms with E-state index in [9.17, 15) is 19.5 Å². The zero-order valence-corrected chi connectivity index (χ0v) is 10.8. The van der Waals surface area contributed by atoms with Gasteiger partial charge in [-0.3, -0.25) is 19.7 Å². The maximum Gasteiger partial charge on any atom is 0.252 e. The van der Waals surface area contributed by atoms with Gasteiger partial charge in [0, 0.05) is 12.0 Å². The van der Waals surface area contributed by atoms with Gasteiger partial charge < -0.3 is 15.2 Å². The lowest BCUT2D eigenvalue weighted by Crippen LogP contribution is -2.52. The van der Waals surface area contributed by atoms with Gasteiger partial charge in [-0.25, -0.2) is 0 Å². The minimum atomic E-state index is -0.746. The van der Waals surface area contributed by atoms with Gasteiger partial charge in [-0.2, -0.15) is 0 Å². The first kappa shape index (κ1) is 13.9. The summed E-state index contributed by atoms with van der Waals surface area (Å²) in [5.41, 5.74) is 0.202. The predicted molar refractivity (Wildman–Crippen MR) is 68.3 cm³/mol. The van der Waals surface area contributed by atoms with Crippen molar-refractivity contribution in [3.05, 3.63) is 23.8 Å². The number of piperidine rings is 1. The van der Waals surface area contributed by atoms with E-state index < -0.39 is 17.9 Å². The van der Waals surface area contributed by atoms with Gasteiger partial charge in [0.15, 0.2) is 11.5 Å². The second kappa shape index (κ2) is 5.60. The molecule has 0 radical (unpaired) electrons. The van der Waals surface area contributed by atoms with Crippen molar-refractivity contribution in [2.24, 2.45) is 0 Å². The van der Waals surface area contributed by atoms with Crippen LogP contribution in [0.25, 0.3) is 0 Å². The number of rotatable bonds is 3. The molecule has 1 aromatic carbocycles. The van der Waals surface area contributed by atoms with Crippen molar-refractivity contribution < 1.29 is 24.2 Å². The summed E-state index contributed by atoms with van der Waals surface area (Å²) in [6, 6.07) is 3.43. The van der Waals surface area contributed by atoms with Gasteiger partial charge in [0.05, 0.1) is 7.11 Å². The summed E-state index contributed by atoms with van der Waals surface area (Å²) >= 11 is 0. The highest BCUT2D eigenvalue weighted by molar-refractivity contribution is 6.03. The number of hydrogen-bond acceptors (Lipinski definition) is 5. The minimum Gasteiger partial charge on any atom is -0.504 e. The summed E-state index contributed by atoms with van der Waals surface area (Å²) in [7, 11) is 1.40. The maximum atomic E-state index is 12.0. The molecular formula is C13H14N2O5. The normalized spacial score (nSPS) is 18.4. The number of carbonyl (C=O) groups excluding carboxylic acids is 3. The molecule has 1 heterocycles. The Labute approximate surface area is 114 Å². The molecule has 0 aliphatic carbocycles. The molecule has 1 unspecified atom stereocenters. The molecule has 1 aliphatic rings. The number of carbonyl (C=O) groups is 3. The lowest BCUT2D eigenvalue weighted by atomic mass is 10.1. The molecule has 3 N–H and O–H groups in total. The van der Waals surface area contributed by atoms with E-state index in [4.69, 9.17) is 4.74 Å². The van der Waals surface area contributed by atoms with E-state index in [0.29, 0.717) is 0 Å². The molecule has 7 heteroatoms. The first-order valence-electron chi connectivity index (χ1n) is 6.03. The van der Waals surface area contributed by atoms with Crippen molar-refractivity contribution in [3.8, 4) is 11.5 Å². The molecule has 0 saturated carbocycles. The largest absolute Gasteiger partial charge is 0.504 e. The highest BCUT2D eigenvalue weighted by Crippen LogP contribution is 2.26. The SMILES string of the molecule is COc1ccc(C(=O)NC2CCC(=O)NC2=O)cc1O. The second-order valence-electron chi connectivity index (χ2n) is 4.36. The molecule has 0 bridgehead atoms. The summed E-state index contributed by atoms with van der Waals surface area (Å²) < 4.78 is 4.88. The molecular weight excluding hydrogens is 264 g/mol. The quantitative estimate of drug-likeness (QED) is 0.672. The van der Waals surface area contributed by atoms with Crippen LogP contribution in [-0.2, 0) is 9.59 Å². The molecule has 2 rings (SSSR count). The zero-order valence-electron chi connectivity index (χ0n) is 10.8. The number of methoxy groups -OCH3 is 1. The summed E-state index contributed by atoms with van der Waals surface area (Å²) in [6.45, 7) is 0. The van der Waals surface area contributed by atoms with E-state index in [2.05, 4.69) is 10.6 Å². The number of aromatic hydroxyl groups is 1. The van der Waals surface area contributed by atoms with Crippen LogP contribution in [0, 0.1) is 0 Å². The molecule has 0 spiro atoms. The standard InChI is InChI=1S/C13H14N2O5/c1-20-10-4-2-7(6-9(10)16)12(18)14-8-3-5-11(17)15-13(8)19/h2,4,6,8,16H,3,5H2,1H3,(H,14,18)(H,15,17,19). The number of imide groups is 1. The number of nitrogens with one attached hydrogen (secondary N) is 2. The molecule has 3 amide bonds. The Morgan fingerprint density at radius 1 is 1.45 bits per heavy atom. The van der Waals surface area contributed by atoms with Crippen molar-refractivity contribution in [1.29, 1.82) is 0 Å². The average molecular weight is 278 g/mol. The van der Waals surface area contributed by atoms with Crippen LogP contribution >= 0.6 is 0 Å². The number of phenols is 1. The third kappa shape index (κ3) is 2.87. The number of phenolic OH excluding ortho intramolecular Hbond substituents is 1. The molecule has 0 aromatic heterocycles. The van der Waals surface area contributed by atoms with E-state index in [1.54, 1.807) is 0 Å². The van der Waals surface area contributed by atoms with Gasteiger partial charge in [-0.05, 0) is 24.6 Å². The molecule has 1 aliphatic heterocycles. The minimum absolute atomic E-state index is 0.163. The van der Waals surface area contributed by atoms with Crippen LogP contribution in [-0.4, -0.2) is 36.0 Å². The van der Waals surface area contributed by atoms with E-state index in [-0.39, 0.29) is 35.8 Å². The first-order valence-corrected chi connectivity index (χ1v) is 6.03. The first-order chi connectivity index (χ1) is 9.51. The molecule has 106 valence electrons. The monoisotopic (exact) mass is 278 g/mol. The summed E-state index contributed by atoms with van der Waals surface area (Å²) in [4.78, 5) is 34.5. The Morgan fingerprint density at radius 2 is 2.20 bits per heavy atom. The fourth-order valence-corrected chi connectivity index (χ4v) is 1.90. The van der Waals surface area contributed by atoms with E-state index in [1.807, 2.05) is 0 Å². The maximum absolute atomic E-state index is 12.0. The van der Waals surface area contributed by atoms with Crippen LogP contribution in [0.5, 0.6) is 11.5 Å². The van der Waals surface area contributed by atoms with E-state index in [0.717, 1.165) is 0 Å². The fraction of sp³-hybridized carbons (Fsp3) is 0.308. The van der Waals surface area contributed by atoms with Gasteiger partial charge >= 0.3 is 0 Å². The number of ether oxygens (including phenoxy) is 1. The van der Waals surface area contributed by atoms with E-state index in [1.165, 1.54) is 25.3 Å². The molecule has 20 heavy (non-hydrogen) atoms. The van der Waals surface area contributed by atoms with Gasteiger partial charge in [0.25, 0.3) is 5.91 Å². The molecule has 1 fully saturated rings. The fourth-order valence-electron chi connectivity index (χ4n) is 1.90. The lowest BCUT2D eigenvalue weighted by molar-refractivity contribution is -0.134. The van der Waals surface area contributed by atoms with Crippen LogP contribution in [0.4, 0.5) is 0 Å². The highest BCUT2D eigenvalue weighted by Gasteiger charge is 2.28. The highest BCUT2D eigenvalue weighted by atomic mass is 16.5. The molecule has 1 saturated heterocycles. The third-order valence-corrected chi connectivity index (χ3v) is 2.99. The van der Waals surface area contributed by atoms with Gasteiger partial charge in [-0.15, -0.1) is 0 Å². The molecule has 1 aromatic rings. The van der Waals surface area contributed by atoms with Crippen molar-refractivity contribution in [2.45, 2.75) is 18.9 Å². The summed E-state index contributed by atoms with van der Waals surface area (Å²) in [5, 5.41) is 14.3. The predicted octanol–water partition coefficient (Wildman–Crippen LogP) is -0.0642. The summed E-state index contributed by atoms with van der Waals surface area (Å²) in [5.74, 6) is -1.28. The van der Waals surface area contributed by atoms with Gasteiger partial charge in [0.2, 0.25) is 11.8 Å². The smallest absolute Gasteiger partial charge is 0.252 e. The van der Waals surface area contributed by atoms with Crippen molar-refractivity contribution in [1.82, 2.24) is 10.6 Å². The van der Waals surface area contributed by atoms with Gasteiger partial charge in [0.1, 0.15) is 6.04 Å². The number of benzene rings is 1. The van der Waals surface area contributed by atoms with Crippen LogP contribution in [0.15, 0.2) is 18.2 Å². The van der Waals surface area contributed by atoms with Crippen molar-refractivity contribution in [2.75, 3.05) is 7.11 Å². The second-order valence-corrected chi connectivity index (χ2v) is 4.36. The molecule has 7 nitrogen and oxygen atoms in total. The van der Waals surface area contributed by atoms with Crippen molar-refractivity contribution in [3.63, 3.8) is 0 Å².